The van der Waals surface area contributed by atoms with Gasteiger partial charge in [0.15, 0.2) is 0 Å². The zero-order valence-electron chi connectivity index (χ0n) is 9.24. The molecule has 4 nitrogen and oxygen atoms in total. The number of nitrogens with one attached hydrogen (secondary N) is 1. The topological polar surface area (TPSA) is 52.6 Å². The number of aliphatic hydroxyl groups is 1. The lowest BCUT2D eigenvalue weighted by Crippen LogP contribution is -2.32. The Morgan fingerprint density at radius 1 is 1.67 bits per heavy atom. The first-order valence-corrected chi connectivity index (χ1v) is 7.06. The van der Waals surface area contributed by atoms with Crippen LogP contribution in [0.25, 0.3) is 0 Å². The summed E-state index contributed by atoms with van der Waals surface area (Å²) in [5.41, 5.74) is 1.99. The molecule has 96 valence electrons. The molecule has 0 fully saturated rings. The maximum Gasteiger partial charge on any atom is 0.267 e. The highest BCUT2D eigenvalue weighted by molar-refractivity contribution is 9.11. The summed E-state index contributed by atoms with van der Waals surface area (Å²) in [6, 6.07) is 0. The number of hydrogen-bond donors (Lipinski definition) is 2. The van der Waals surface area contributed by atoms with Gasteiger partial charge in [-0.25, -0.2) is 4.39 Å². The standard InChI is InChI=1S/C11H10BrFN2O2S/c12-10-7-1-5(13)2-15-3-6(4-16)14-11(17)9(18-10)8(7)15/h3,5,16H,1-2,4H2,(H,14,17). The minimum atomic E-state index is -0.972. The molecule has 18 heavy (non-hydrogen) atoms. The summed E-state index contributed by atoms with van der Waals surface area (Å²) in [4.78, 5) is 14.3. The molecule has 2 aliphatic rings. The molecule has 0 spiro atoms. The van der Waals surface area contributed by atoms with Crippen LogP contribution >= 0.6 is 27.3 Å². The molecule has 0 aliphatic carbocycles. The van der Waals surface area contributed by atoms with Crippen molar-refractivity contribution in [2.75, 3.05) is 18.1 Å². The van der Waals surface area contributed by atoms with Gasteiger partial charge in [-0.3, -0.25) is 4.79 Å². The summed E-state index contributed by atoms with van der Waals surface area (Å²) in [6.07, 6.45) is 0.956. The highest BCUT2D eigenvalue weighted by Gasteiger charge is 2.34. The summed E-state index contributed by atoms with van der Waals surface area (Å²) >= 11 is 4.69. The molecule has 3 heterocycles. The minimum Gasteiger partial charge on any atom is -0.390 e. The Morgan fingerprint density at radius 3 is 3.17 bits per heavy atom. The second-order valence-corrected chi connectivity index (χ2v) is 6.59. The fourth-order valence-electron chi connectivity index (χ4n) is 2.28. The van der Waals surface area contributed by atoms with E-state index in [9.17, 15) is 9.18 Å². The van der Waals surface area contributed by atoms with Gasteiger partial charge >= 0.3 is 0 Å². The van der Waals surface area contributed by atoms with Gasteiger partial charge in [0.1, 0.15) is 11.0 Å². The Morgan fingerprint density at radius 2 is 2.44 bits per heavy atom. The van der Waals surface area contributed by atoms with Crippen molar-refractivity contribution in [1.82, 2.24) is 5.32 Å². The summed E-state index contributed by atoms with van der Waals surface area (Å²) in [5.74, 6) is -0.248. The number of thiophene rings is 1. The van der Waals surface area contributed by atoms with Crippen LogP contribution < -0.4 is 10.2 Å². The van der Waals surface area contributed by atoms with Crippen molar-refractivity contribution < 1.29 is 14.3 Å². The van der Waals surface area contributed by atoms with Crippen molar-refractivity contribution in [3.63, 3.8) is 0 Å². The van der Waals surface area contributed by atoms with Crippen molar-refractivity contribution in [2.24, 2.45) is 0 Å². The summed E-state index contributed by atoms with van der Waals surface area (Å²) < 4.78 is 14.5. The highest BCUT2D eigenvalue weighted by Crippen LogP contribution is 2.44. The lowest BCUT2D eigenvalue weighted by Gasteiger charge is -2.28. The van der Waals surface area contributed by atoms with E-state index >= 15 is 0 Å². The van der Waals surface area contributed by atoms with E-state index in [1.165, 1.54) is 11.3 Å². The van der Waals surface area contributed by atoms with Crippen molar-refractivity contribution in [3.05, 3.63) is 26.1 Å². The molecule has 2 N–H and O–H groups in total. The predicted octanol–water partition coefficient (Wildman–Crippen LogP) is 1.79. The predicted molar refractivity (Wildman–Crippen MR) is 70.6 cm³/mol. The van der Waals surface area contributed by atoms with Crippen LogP contribution in [0.5, 0.6) is 0 Å². The first kappa shape index (κ1) is 12.1. The van der Waals surface area contributed by atoms with Crippen LogP contribution in [0.3, 0.4) is 0 Å². The number of aliphatic hydroxyl groups excluding tert-OH is 1. The van der Waals surface area contributed by atoms with E-state index < -0.39 is 6.17 Å². The zero-order valence-corrected chi connectivity index (χ0v) is 11.6. The average Bonchev–Trinajstić information content (AvgIpc) is 2.59. The van der Waals surface area contributed by atoms with E-state index in [2.05, 4.69) is 21.2 Å². The van der Waals surface area contributed by atoms with Crippen molar-refractivity contribution in [3.8, 4) is 0 Å². The Balaban J connectivity index is 2.19. The molecule has 0 bridgehead atoms. The largest absolute Gasteiger partial charge is 0.390 e. The molecule has 0 aromatic carbocycles. The van der Waals surface area contributed by atoms with Crippen LogP contribution in [0.4, 0.5) is 10.1 Å². The van der Waals surface area contributed by atoms with E-state index in [0.717, 1.165) is 15.0 Å². The van der Waals surface area contributed by atoms with Gasteiger partial charge in [-0.1, -0.05) is 0 Å². The molecule has 1 aromatic heterocycles. The second kappa shape index (κ2) is 4.32. The Labute approximate surface area is 115 Å². The SMILES string of the molecule is O=C1NC(CO)=CN2CC(F)Cc3c(Br)sc1c32. The molecular weight excluding hydrogens is 323 g/mol. The number of amides is 1. The van der Waals surface area contributed by atoms with Gasteiger partial charge in [0, 0.05) is 18.2 Å². The molecule has 3 rings (SSSR count). The highest BCUT2D eigenvalue weighted by atomic mass is 79.9. The molecule has 1 atom stereocenters. The summed E-state index contributed by atoms with van der Waals surface area (Å²) in [7, 11) is 0. The van der Waals surface area contributed by atoms with Crippen molar-refractivity contribution >= 4 is 38.9 Å². The van der Waals surface area contributed by atoms with Gasteiger partial charge in [0.25, 0.3) is 5.91 Å². The van der Waals surface area contributed by atoms with Crippen LogP contribution in [0, 0.1) is 0 Å². The van der Waals surface area contributed by atoms with Crippen LogP contribution in [0.1, 0.15) is 15.2 Å². The monoisotopic (exact) mass is 332 g/mol. The fraction of sp³-hybridized carbons (Fsp3) is 0.364. The lowest BCUT2D eigenvalue weighted by molar-refractivity contribution is 0.0965. The van der Waals surface area contributed by atoms with E-state index in [1.807, 2.05) is 0 Å². The molecule has 1 amide bonds. The van der Waals surface area contributed by atoms with Crippen LogP contribution in [-0.2, 0) is 6.42 Å². The number of halogens is 2. The third-order valence-corrected chi connectivity index (χ3v) is 4.97. The number of alkyl halides is 1. The molecule has 1 unspecified atom stereocenters. The van der Waals surface area contributed by atoms with Gasteiger partial charge in [-0.15, -0.1) is 11.3 Å². The maximum atomic E-state index is 13.7. The smallest absolute Gasteiger partial charge is 0.267 e. The van der Waals surface area contributed by atoms with E-state index in [0.29, 0.717) is 17.0 Å². The molecule has 7 heteroatoms. The Bertz CT molecular complexity index is 557. The number of anilines is 1. The molecule has 0 saturated carbocycles. The molecule has 2 aliphatic heterocycles. The normalized spacial score (nSPS) is 22.2. The lowest BCUT2D eigenvalue weighted by atomic mass is 10.0. The number of rotatable bonds is 1. The number of carbonyl (C=O) groups is 1. The maximum absolute atomic E-state index is 13.7. The fourth-order valence-corrected chi connectivity index (χ4v) is 4.07. The summed E-state index contributed by atoms with van der Waals surface area (Å²) in [5, 5.41) is 11.8. The molecule has 0 radical (unpaired) electrons. The minimum absolute atomic E-state index is 0.210. The van der Waals surface area contributed by atoms with Gasteiger partial charge in [0.2, 0.25) is 0 Å². The Kier molecular flexibility index (Phi) is 2.91. The number of nitrogens with zero attached hydrogens (tertiary/aromatic N) is 1. The number of carbonyl (C=O) groups excluding carboxylic acids is 1. The quantitative estimate of drug-likeness (QED) is 0.824. The van der Waals surface area contributed by atoms with E-state index in [1.54, 1.807) is 11.1 Å². The van der Waals surface area contributed by atoms with E-state index in [-0.39, 0.29) is 19.1 Å². The van der Waals surface area contributed by atoms with Gasteiger partial charge in [0.05, 0.1) is 28.3 Å². The van der Waals surface area contributed by atoms with Crippen LogP contribution in [0.15, 0.2) is 15.7 Å². The zero-order chi connectivity index (χ0) is 12.9. The van der Waals surface area contributed by atoms with Crippen molar-refractivity contribution in [1.29, 1.82) is 0 Å². The Hall–Kier alpha value is -0.920. The van der Waals surface area contributed by atoms with Gasteiger partial charge in [-0.2, -0.15) is 0 Å². The number of hydrogen-bond acceptors (Lipinski definition) is 4. The third-order valence-electron chi connectivity index (χ3n) is 3.00. The van der Waals surface area contributed by atoms with E-state index in [4.69, 9.17) is 5.11 Å². The average molecular weight is 333 g/mol. The van der Waals surface area contributed by atoms with Gasteiger partial charge < -0.3 is 15.3 Å². The first-order valence-electron chi connectivity index (χ1n) is 5.45. The molecule has 1 aromatic rings. The second-order valence-electron chi connectivity index (χ2n) is 4.25. The third kappa shape index (κ3) is 1.77. The summed E-state index contributed by atoms with van der Waals surface area (Å²) in [6.45, 7) is -0.0632. The molecule has 0 saturated heterocycles. The first-order chi connectivity index (χ1) is 8.60. The van der Waals surface area contributed by atoms with Crippen LogP contribution in [0.2, 0.25) is 0 Å². The van der Waals surface area contributed by atoms with Gasteiger partial charge in [-0.05, 0) is 15.9 Å². The van der Waals surface area contributed by atoms with Crippen LogP contribution in [-0.4, -0.2) is 30.3 Å². The van der Waals surface area contributed by atoms with Crippen molar-refractivity contribution in [2.45, 2.75) is 12.6 Å². The molecular formula is C11H10BrFN2O2S.